The van der Waals surface area contributed by atoms with E-state index in [1.165, 1.54) is 0 Å². The van der Waals surface area contributed by atoms with Crippen LogP contribution in [0.4, 0.5) is 11.4 Å². The van der Waals surface area contributed by atoms with Crippen LogP contribution in [0, 0.1) is 0 Å². The maximum Gasteiger partial charge on any atom is 1.00 e. The van der Waals surface area contributed by atoms with E-state index in [1.807, 2.05) is 105 Å². The third kappa shape index (κ3) is 3.18. The Bertz CT molecular complexity index is 930. The van der Waals surface area contributed by atoms with Gasteiger partial charge in [0.05, 0.1) is 0 Å². The fraction of sp³-hybridized carbons (Fsp3) is 0.217. The van der Waals surface area contributed by atoms with Crippen molar-refractivity contribution < 1.29 is 28.7 Å². The first-order valence-electron chi connectivity index (χ1n) is 8.99. The molecule has 5 heteroatoms. The summed E-state index contributed by atoms with van der Waals surface area (Å²) < 4.78 is 6.22. The number of hydrogen-bond acceptors (Lipinski definition) is 4. The van der Waals surface area contributed by atoms with E-state index in [0.717, 1.165) is 11.4 Å². The summed E-state index contributed by atoms with van der Waals surface area (Å²) in [5.74, 6) is 1.23. The van der Waals surface area contributed by atoms with Gasteiger partial charge in [-0.2, -0.15) is 0 Å². The third-order valence-electron chi connectivity index (χ3n) is 5.12. The molecule has 0 saturated carbocycles. The molecule has 3 aromatic rings. The van der Waals surface area contributed by atoms with Crippen molar-refractivity contribution in [2.75, 3.05) is 38.0 Å². The minimum Gasteiger partial charge on any atom is -0.839 e. The Kier molecular flexibility index (Phi) is 5.50. The fourth-order valence-electron chi connectivity index (χ4n) is 3.58. The number of benzene rings is 3. The summed E-state index contributed by atoms with van der Waals surface area (Å²) in [6, 6.07) is 21.1. The van der Waals surface area contributed by atoms with E-state index in [-0.39, 0.29) is 18.9 Å². The average Bonchev–Trinajstić information content (AvgIpc) is 2.67. The zero-order chi connectivity index (χ0) is 19.2. The Morgan fingerprint density at radius 3 is 1.61 bits per heavy atom. The van der Waals surface area contributed by atoms with Crippen molar-refractivity contribution >= 4 is 11.4 Å². The van der Waals surface area contributed by atoms with E-state index < -0.39 is 5.60 Å². The second kappa shape index (κ2) is 7.56. The van der Waals surface area contributed by atoms with Gasteiger partial charge in [-0.05, 0) is 34.4 Å². The van der Waals surface area contributed by atoms with E-state index in [1.54, 1.807) is 0 Å². The molecule has 4 nitrogen and oxygen atoms in total. The van der Waals surface area contributed by atoms with Gasteiger partial charge in [-0.3, -0.25) is 0 Å². The van der Waals surface area contributed by atoms with Crippen molar-refractivity contribution in [3.63, 3.8) is 0 Å². The van der Waals surface area contributed by atoms with Gasteiger partial charge in [-0.1, -0.05) is 42.5 Å². The molecule has 3 aromatic carbocycles. The zero-order valence-corrected chi connectivity index (χ0v) is 17.1. The van der Waals surface area contributed by atoms with Crippen LogP contribution < -0.4 is 38.5 Å². The number of anilines is 2. The van der Waals surface area contributed by atoms with Crippen LogP contribution in [0.25, 0.3) is 0 Å². The van der Waals surface area contributed by atoms with Crippen LogP contribution in [0.5, 0.6) is 11.5 Å². The maximum absolute atomic E-state index is 14.4. The van der Waals surface area contributed by atoms with Crippen LogP contribution >= 0.6 is 0 Å². The van der Waals surface area contributed by atoms with Gasteiger partial charge in [0.25, 0.3) is 0 Å². The molecule has 0 amide bonds. The molecule has 4 rings (SSSR count). The largest absolute Gasteiger partial charge is 1.00 e. The first-order chi connectivity index (χ1) is 12.9. The molecule has 0 aromatic heterocycles. The van der Waals surface area contributed by atoms with Crippen LogP contribution in [0.3, 0.4) is 0 Å². The van der Waals surface area contributed by atoms with E-state index in [4.69, 9.17) is 4.74 Å². The summed E-state index contributed by atoms with van der Waals surface area (Å²) in [4.78, 5) is 4.01. The van der Waals surface area contributed by atoms with Crippen LogP contribution in [-0.2, 0) is 5.60 Å². The van der Waals surface area contributed by atoms with Crippen molar-refractivity contribution in [2.24, 2.45) is 0 Å². The number of hydrogen-bond donors (Lipinski definition) is 0. The first-order valence-corrected chi connectivity index (χ1v) is 8.99. The van der Waals surface area contributed by atoms with Gasteiger partial charge in [0, 0.05) is 51.7 Å². The molecule has 0 saturated heterocycles. The van der Waals surface area contributed by atoms with E-state index in [0.29, 0.717) is 28.2 Å². The second-order valence-corrected chi connectivity index (χ2v) is 7.30. The van der Waals surface area contributed by atoms with Crippen molar-refractivity contribution in [1.82, 2.24) is 0 Å². The number of rotatable bonds is 3. The molecule has 1 aliphatic heterocycles. The second-order valence-electron chi connectivity index (χ2n) is 7.30. The normalized spacial score (nSPS) is 13.5. The molecule has 0 spiro atoms. The molecule has 0 aliphatic carbocycles. The predicted octanol–water partition coefficient (Wildman–Crippen LogP) is 0.581. The van der Waals surface area contributed by atoms with Crippen molar-refractivity contribution in [3.8, 4) is 11.5 Å². The third-order valence-corrected chi connectivity index (χ3v) is 5.12. The standard InChI is InChI=1S/C23H23N2O2.Li/c1-24(2)17-10-12-19-21(14-17)27-22-15-18(25(3)4)11-13-20(22)23(19,26)16-8-6-5-7-9-16;/h5-15H,1-4H3;/q-1;+1. The molecule has 1 heterocycles. The molecule has 0 atom stereocenters. The van der Waals surface area contributed by atoms with Crippen LogP contribution in [-0.4, -0.2) is 28.2 Å². The van der Waals surface area contributed by atoms with Crippen molar-refractivity contribution in [3.05, 3.63) is 83.4 Å². The smallest absolute Gasteiger partial charge is 0.839 e. The van der Waals surface area contributed by atoms with Gasteiger partial charge in [0.2, 0.25) is 0 Å². The summed E-state index contributed by atoms with van der Waals surface area (Å²) in [7, 11) is 7.91. The minimum atomic E-state index is -1.51. The number of fused-ring (bicyclic) bond motifs is 2. The van der Waals surface area contributed by atoms with Crippen LogP contribution in [0.15, 0.2) is 66.7 Å². The Balaban J connectivity index is 0.00000225. The van der Waals surface area contributed by atoms with Gasteiger partial charge in [-0.15, -0.1) is 0 Å². The molecule has 0 unspecified atom stereocenters. The van der Waals surface area contributed by atoms with Gasteiger partial charge in [0.15, 0.2) is 0 Å². The Hall–Kier alpha value is -2.38. The number of ether oxygens (including phenoxy) is 1. The van der Waals surface area contributed by atoms with Gasteiger partial charge in [-0.25, -0.2) is 0 Å². The molecular formula is C23H23LiN2O2. The monoisotopic (exact) mass is 366 g/mol. The summed E-state index contributed by atoms with van der Waals surface area (Å²) in [5, 5.41) is 14.4. The summed E-state index contributed by atoms with van der Waals surface area (Å²) in [5.41, 5.74) is 2.48. The molecule has 138 valence electrons. The van der Waals surface area contributed by atoms with Gasteiger partial charge < -0.3 is 19.6 Å². The topological polar surface area (TPSA) is 38.8 Å². The zero-order valence-electron chi connectivity index (χ0n) is 17.1. The van der Waals surface area contributed by atoms with E-state index in [2.05, 4.69) is 0 Å². The summed E-state index contributed by atoms with van der Waals surface area (Å²) >= 11 is 0. The Labute approximate surface area is 178 Å². The molecule has 28 heavy (non-hydrogen) atoms. The number of nitrogens with zero attached hydrogens (tertiary/aromatic N) is 2. The fourth-order valence-corrected chi connectivity index (χ4v) is 3.58. The van der Waals surface area contributed by atoms with Crippen LogP contribution in [0.2, 0.25) is 0 Å². The molecule has 0 N–H and O–H groups in total. The van der Waals surface area contributed by atoms with Crippen LogP contribution in [0.1, 0.15) is 16.7 Å². The SMILES string of the molecule is CN(C)c1ccc2c(c1)Oc1cc(N(C)C)ccc1C2([O-])c1ccccc1.[Li+]. The van der Waals surface area contributed by atoms with Crippen molar-refractivity contribution in [2.45, 2.75) is 5.60 Å². The molecule has 0 fully saturated rings. The van der Waals surface area contributed by atoms with Gasteiger partial charge >= 0.3 is 18.9 Å². The van der Waals surface area contributed by atoms with Gasteiger partial charge in [0.1, 0.15) is 11.5 Å². The first kappa shape index (κ1) is 20.4. The average molecular weight is 366 g/mol. The van der Waals surface area contributed by atoms with E-state index in [9.17, 15) is 5.11 Å². The Morgan fingerprint density at radius 2 is 1.18 bits per heavy atom. The Morgan fingerprint density at radius 1 is 0.714 bits per heavy atom. The van der Waals surface area contributed by atoms with Crippen molar-refractivity contribution in [1.29, 1.82) is 0 Å². The molecule has 1 aliphatic rings. The molecule has 0 bridgehead atoms. The van der Waals surface area contributed by atoms with E-state index >= 15 is 0 Å². The molecule has 0 radical (unpaired) electrons. The molecular weight excluding hydrogens is 343 g/mol. The summed E-state index contributed by atoms with van der Waals surface area (Å²) in [6.07, 6.45) is 0. The predicted molar refractivity (Wildman–Crippen MR) is 108 cm³/mol. The summed E-state index contributed by atoms with van der Waals surface area (Å²) in [6.45, 7) is 0. The minimum absolute atomic E-state index is 0. The quantitative estimate of drug-likeness (QED) is 0.636. The maximum atomic E-state index is 14.4.